The smallest absolute Gasteiger partial charge is 0.171 e. The summed E-state index contributed by atoms with van der Waals surface area (Å²) in [6, 6.07) is 0. The first-order valence-electron chi connectivity index (χ1n) is 7.57. The van der Waals surface area contributed by atoms with Crippen molar-refractivity contribution in [3.05, 3.63) is 19.1 Å². The van der Waals surface area contributed by atoms with Crippen LogP contribution in [0.3, 0.4) is 0 Å². The Balaban J connectivity index is 3.13. The van der Waals surface area contributed by atoms with E-state index in [-0.39, 0.29) is 6.42 Å². The van der Waals surface area contributed by atoms with Crippen LogP contribution in [0.5, 0.6) is 0 Å². The SMILES string of the molecule is [CH2]CCCCCCCC=CCCCCCC(F)(F)F. The number of hydrogen-bond acceptors (Lipinski definition) is 0. The van der Waals surface area contributed by atoms with Crippen LogP contribution in [0.15, 0.2) is 12.2 Å². The maximum absolute atomic E-state index is 11.9. The summed E-state index contributed by atoms with van der Waals surface area (Å²) in [5.74, 6) is 0. The van der Waals surface area contributed by atoms with Crippen molar-refractivity contribution in [3.8, 4) is 0 Å². The molecule has 0 aliphatic rings. The fourth-order valence-corrected chi connectivity index (χ4v) is 1.97. The van der Waals surface area contributed by atoms with Crippen molar-refractivity contribution in [2.45, 2.75) is 83.2 Å². The lowest BCUT2D eigenvalue weighted by atomic mass is 10.1. The minimum absolute atomic E-state index is 0.267. The van der Waals surface area contributed by atoms with Gasteiger partial charge in [-0.1, -0.05) is 57.6 Å². The van der Waals surface area contributed by atoms with Gasteiger partial charge in [0, 0.05) is 6.42 Å². The summed E-state index contributed by atoms with van der Waals surface area (Å²) in [5, 5.41) is 0. The highest BCUT2D eigenvalue weighted by Crippen LogP contribution is 2.22. The van der Waals surface area contributed by atoms with Gasteiger partial charge < -0.3 is 0 Å². The lowest BCUT2D eigenvalue weighted by molar-refractivity contribution is -0.135. The van der Waals surface area contributed by atoms with Crippen molar-refractivity contribution in [1.29, 1.82) is 0 Å². The van der Waals surface area contributed by atoms with Crippen LogP contribution in [0.25, 0.3) is 0 Å². The van der Waals surface area contributed by atoms with Gasteiger partial charge in [0.1, 0.15) is 0 Å². The van der Waals surface area contributed by atoms with Crippen LogP contribution < -0.4 is 0 Å². The molecular weight excluding hydrogens is 249 g/mol. The van der Waals surface area contributed by atoms with E-state index in [9.17, 15) is 13.2 Å². The summed E-state index contributed by atoms with van der Waals surface area (Å²) in [7, 11) is 0. The summed E-state index contributed by atoms with van der Waals surface area (Å²) in [4.78, 5) is 0. The molecule has 0 saturated heterocycles. The largest absolute Gasteiger partial charge is 0.389 e. The Hall–Kier alpha value is -0.470. The molecule has 0 unspecified atom stereocenters. The van der Waals surface area contributed by atoms with E-state index in [1.807, 2.05) is 0 Å². The average Bonchev–Trinajstić information content (AvgIpc) is 2.34. The highest BCUT2D eigenvalue weighted by atomic mass is 19.4. The maximum Gasteiger partial charge on any atom is 0.389 e. The second-order valence-electron chi connectivity index (χ2n) is 5.10. The van der Waals surface area contributed by atoms with Gasteiger partial charge in [-0.25, -0.2) is 0 Å². The molecule has 3 heteroatoms. The number of rotatable bonds is 12. The summed E-state index contributed by atoms with van der Waals surface area (Å²) in [6.07, 6.45) is 10.8. The topological polar surface area (TPSA) is 0 Å². The molecule has 0 nitrogen and oxygen atoms in total. The Morgan fingerprint density at radius 2 is 1.16 bits per heavy atom. The molecule has 0 spiro atoms. The van der Waals surface area contributed by atoms with Gasteiger partial charge in [0.25, 0.3) is 0 Å². The molecule has 0 amide bonds. The van der Waals surface area contributed by atoms with Crippen molar-refractivity contribution in [3.63, 3.8) is 0 Å². The number of halogens is 3. The molecule has 0 aliphatic carbocycles. The lowest BCUT2D eigenvalue weighted by Crippen LogP contribution is -2.06. The van der Waals surface area contributed by atoms with E-state index < -0.39 is 12.6 Å². The Kier molecular flexibility index (Phi) is 12.2. The first kappa shape index (κ1) is 18.5. The van der Waals surface area contributed by atoms with Crippen LogP contribution in [-0.2, 0) is 0 Å². The summed E-state index contributed by atoms with van der Waals surface area (Å²) < 4.78 is 35.6. The molecule has 0 N–H and O–H groups in total. The van der Waals surface area contributed by atoms with E-state index in [0.717, 1.165) is 25.7 Å². The fraction of sp³-hybridized carbons (Fsp3) is 0.812. The predicted molar refractivity (Wildman–Crippen MR) is 76.0 cm³/mol. The number of unbranched alkanes of at least 4 members (excludes halogenated alkanes) is 9. The van der Waals surface area contributed by atoms with Gasteiger partial charge in [-0.05, 0) is 32.1 Å². The van der Waals surface area contributed by atoms with Crippen LogP contribution >= 0.6 is 0 Å². The molecule has 19 heavy (non-hydrogen) atoms. The van der Waals surface area contributed by atoms with Crippen LogP contribution in [0.2, 0.25) is 0 Å². The summed E-state index contributed by atoms with van der Waals surface area (Å²) in [5.41, 5.74) is 0. The third kappa shape index (κ3) is 17.5. The van der Waals surface area contributed by atoms with Gasteiger partial charge in [0.2, 0.25) is 0 Å². The molecule has 1 radical (unpaired) electrons. The standard InChI is InChI=1S/C16H28F3/c1-2-3-4-5-6-7-8-9-10-11-12-13-14-15-16(17,18)19/h9-10H,1-8,11-15H2. The van der Waals surface area contributed by atoms with Crippen LogP contribution in [0.1, 0.15) is 77.0 Å². The van der Waals surface area contributed by atoms with E-state index in [4.69, 9.17) is 0 Å². The van der Waals surface area contributed by atoms with Gasteiger partial charge in [-0.15, -0.1) is 0 Å². The van der Waals surface area contributed by atoms with Gasteiger partial charge in [-0.2, -0.15) is 13.2 Å². The molecule has 0 aromatic heterocycles. The highest BCUT2D eigenvalue weighted by Gasteiger charge is 2.25. The summed E-state index contributed by atoms with van der Waals surface area (Å²) >= 11 is 0. The molecule has 0 aromatic carbocycles. The number of allylic oxidation sites excluding steroid dienone is 2. The van der Waals surface area contributed by atoms with E-state index in [1.54, 1.807) is 0 Å². The Bertz CT molecular complexity index is 207. The first-order valence-corrected chi connectivity index (χ1v) is 7.57. The minimum atomic E-state index is -3.98. The molecule has 0 atom stereocenters. The zero-order chi connectivity index (χ0) is 14.4. The quantitative estimate of drug-likeness (QED) is 0.278. The van der Waals surface area contributed by atoms with E-state index in [0.29, 0.717) is 6.42 Å². The molecular formula is C16H28F3. The zero-order valence-electron chi connectivity index (χ0n) is 12.0. The second kappa shape index (κ2) is 12.6. The average molecular weight is 277 g/mol. The molecule has 0 bridgehead atoms. The Morgan fingerprint density at radius 1 is 0.684 bits per heavy atom. The Labute approximate surface area is 116 Å². The molecule has 113 valence electrons. The minimum Gasteiger partial charge on any atom is -0.171 e. The van der Waals surface area contributed by atoms with Gasteiger partial charge >= 0.3 is 6.18 Å². The van der Waals surface area contributed by atoms with Gasteiger partial charge in [0.15, 0.2) is 0 Å². The van der Waals surface area contributed by atoms with E-state index >= 15 is 0 Å². The van der Waals surface area contributed by atoms with Crippen molar-refractivity contribution in [2.75, 3.05) is 0 Å². The van der Waals surface area contributed by atoms with Crippen LogP contribution in [-0.4, -0.2) is 6.18 Å². The molecule has 0 fully saturated rings. The normalized spacial score (nSPS) is 12.4. The van der Waals surface area contributed by atoms with Crippen LogP contribution in [0.4, 0.5) is 13.2 Å². The molecule has 0 heterocycles. The third-order valence-corrected chi connectivity index (χ3v) is 3.12. The lowest BCUT2D eigenvalue weighted by Gasteiger charge is -2.04. The van der Waals surface area contributed by atoms with Gasteiger partial charge in [-0.3, -0.25) is 0 Å². The predicted octanol–water partition coefficient (Wildman–Crippen LogP) is 6.62. The maximum atomic E-state index is 11.9. The highest BCUT2D eigenvalue weighted by molar-refractivity contribution is 4.81. The van der Waals surface area contributed by atoms with Crippen molar-refractivity contribution >= 4 is 0 Å². The van der Waals surface area contributed by atoms with Gasteiger partial charge in [0.05, 0.1) is 0 Å². The monoisotopic (exact) mass is 277 g/mol. The number of hydrogen-bond donors (Lipinski definition) is 0. The van der Waals surface area contributed by atoms with Crippen molar-refractivity contribution < 1.29 is 13.2 Å². The molecule has 0 saturated carbocycles. The van der Waals surface area contributed by atoms with Crippen molar-refractivity contribution in [1.82, 2.24) is 0 Å². The third-order valence-electron chi connectivity index (χ3n) is 3.12. The molecule has 0 rings (SSSR count). The fourth-order valence-electron chi connectivity index (χ4n) is 1.97. The van der Waals surface area contributed by atoms with E-state index in [1.165, 1.54) is 32.1 Å². The van der Waals surface area contributed by atoms with Crippen molar-refractivity contribution in [2.24, 2.45) is 0 Å². The van der Waals surface area contributed by atoms with E-state index in [2.05, 4.69) is 19.1 Å². The Morgan fingerprint density at radius 3 is 1.68 bits per heavy atom. The number of alkyl halides is 3. The molecule has 0 aromatic rings. The summed E-state index contributed by atoms with van der Waals surface area (Å²) in [6.45, 7) is 3.81. The second-order valence-corrected chi connectivity index (χ2v) is 5.10. The zero-order valence-corrected chi connectivity index (χ0v) is 12.0. The first-order chi connectivity index (χ1) is 9.06. The van der Waals surface area contributed by atoms with Crippen LogP contribution in [0, 0.1) is 6.92 Å². The molecule has 0 aliphatic heterocycles.